The number of hydrogen-bond donors (Lipinski definition) is 2. The van der Waals surface area contributed by atoms with Crippen molar-refractivity contribution < 1.29 is 31.1 Å². The van der Waals surface area contributed by atoms with E-state index in [2.05, 4.69) is 10.3 Å². The maximum absolute atomic E-state index is 13.4. The molecule has 1 aromatic heterocycles. The number of carbonyl (C=O) groups is 1. The highest BCUT2D eigenvalue weighted by molar-refractivity contribution is 5.95. The average molecular weight is 483 g/mol. The number of aromatic nitrogens is 1. The number of aromatic amines is 1. The molecule has 1 fully saturated rings. The van der Waals surface area contributed by atoms with Gasteiger partial charge in [-0.05, 0) is 41.3 Å². The summed E-state index contributed by atoms with van der Waals surface area (Å²) in [4.78, 5) is 18.1. The fraction of sp³-hybridized carbons (Fsp3) is 0.375. The Morgan fingerprint density at radius 1 is 0.971 bits per heavy atom. The molecule has 2 heterocycles. The molecule has 1 aliphatic rings. The minimum absolute atomic E-state index is 0.160. The summed E-state index contributed by atoms with van der Waals surface area (Å²) in [5, 5.41) is 4.22. The van der Waals surface area contributed by atoms with Gasteiger partial charge in [0.1, 0.15) is 0 Å². The van der Waals surface area contributed by atoms with Crippen LogP contribution in [0.25, 0.3) is 10.9 Å². The van der Waals surface area contributed by atoms with Gasteiger partial charge in [0.2, 0.25) is 0 Å². The van der Waals surface area contributed by atoms with E-state index in [4.69, 9.17) is 0 Å². The van der Waals surface area contributed by atoms with Gasteiger partial charge in [0.15, 0.2) is 0 Å². The van der Waals surface area contributed by atoms with Gasteiger partial charge < -0.3 is 15.2 Å². The van der Waals surface area contributed by atoms with Gasteiger partial charge in [-0.15, -0.1) is 0 Å². The third kappa shape index (κ3) is 5.91. The molecule has 4 rings (SSSR count). The van der Waals surface area contributed by atoms with Gasteiger partial charge in [0, 0.05) is 48.3 Å². The van der Waals surface area contributed by atoms with Crippen molar-refractivity contribution >= 4 is 16.8 Å². The van der Waals surface area contributed by atoms with Crippen LogP contribution in [0.3, 0.4) is 0 Å². The molecule has 34 heavy (non-hydrogen) atoms. The number of hydrogen-bond acceptors (Lipinski definition) is 2. The lowest BCUT2D eigenvalue weighted by Crippen LogP contribution is -2.54. The molecule has 1 saturated heterocycles. The van der Waals surface area contributed by atoms with E-state index < -0.39 is 31.1 Å². The summed E-state index contributed by atoms with van der Waals surface area (Å²) in [5.74, 6) is -0.571. The standard InChI is InChI=1S/C24H23F6N3O/c25-23(26,27)11-15-7-16(12-24(28,29)30)9-17(8-15)22(34)33-6-5-31-14-19(33)10-18-13-32-21-4-2-1-3-20(18)21/h1-4,7-9,13,19,31-32H,5-6,10-12,14H2/t19-/m1/s1. The van der Waals surface area contributed by atoms with E-state index in [1.165, 1.54) is 0 Å². The smallest absolute Gasteiger partial charge is 0.361 e. The molecule has 0 bridgehead atoms. The zero-order chi connectivity index (χ0) is 24.5. The molecular formula is C24H23F6N3O. The summed E-state index contributed by atoms with van der Waals surface area (Å²) < 4.78 is 77.8. The number of carbonyl (C=O) groups excluding carboxylic acids is 1. The number of fused-ring (bicyclic) bond motifs is 1. The number of benzene rings is 2. The Morgan fingerprint density at radius 2 is 1.62 bits per heavy atom. The van der Waals surface area contributed by atoms with Crippen LogP contribution in [0.5, 0.6) is 0 Å². The van der Waals surface area contributed by atoms with E-state index in [9.17, 15) is 31.1 Å². The Morgan fingerprint density at radius 3 is 2.26 bits per heavy atom. The van der Waals surface area contributed by atoms with Crippen LogP contribution in [0.15, 0.2) is 48.7 Å². The number of nitrogens with one attached hydrogen (secondary N) is 2. The molecule has 0 unspecified atom stereocenters. The van der Waals surface area contributed by atoms with Crippen molar-refractivity contribution in [1.82, 2.24) is 15.2 Å². The zero-order valence-corrected chi connectivity index (χ0v) is 18.1. The van der Waals surface area contributed by atoms with Crippen LogP contribution in [-0.2, 0) is 19.3 Å². The van der Waals surface area contributed by atoms with Crippen LogP contribution in [0, 0.1) is 0 Å². The van der Waals surface area contributed by atoms with E-state index >= 15 is 0 Å². The number of rotatable bonds is 5. The van der Waals surface area contributed by atoms with Crippen molar-refractivity contribution in [3.63, 3.8) is 0 Å². The SMILES string of the molecule is O=C(c1cc(CC(F)(F)F)cc(CC(F)(F)F)c1)N1CCNC[C@H]1Cc1c[nH]c2ccccc12. The highest BCUT2D eigenvalue weighted by Crippen LogP contribution is 2.28. The fourth-order valence-electron chi connectivity index (χ4n) is 4.48. The molecule has 10 heteroatoms. The van der Waals surface area contributed by atoms with E-state index in [0.29, 0.717) is 26.1 Å². The molecule has 1 aliphatic heterocycles. The lowest BCUT2D eigenvalue weighted by atomic mass is 9.98. The van der Waals surface area contributed by atoms with Crippen LogP contribution < -0.4 is 5.32 Å². The van der Waals surface area contributed by atoms with Gasteiger partial charge >= 0.3 is 12.4 Å². The molecular weight excluding hydrogens is 460 g/mol. The first-order valence-electron chi connectivity index (χ1n) is 10.8. The normalized spacial score (nSPS) is 17.4. The first kappa shape index (κ1) is 24.1. The lowest BCUT2D eigenvalue weighted by Gasteiger charge is -2.36. The summed E-state index contributed by atoms with van der Waals surface area (Å²) in [5.41, 5.74) is 1.04. The second kappa shape index (κ2) is 9.32. The summed E-state index contributed by atoms with van der Waals surface area (Å²) in [6.07, 6.45) is -9.68. The van der Waals surface area contributed by atoms with Crippen molar-refractivity contribution in [3.8, 4) is 0 Å². The Hall–Kier alpha value is -3.01. The molecule has 1 atom stereocenters. The van der Waals surface area contributed by atoms with Crippen LogP contribution >= 0.6 is 0 Å². The van der Waals surface area contributed by atoms with Gasteiger partial charge in [0.25, 0.3) is 5.91 Å². The molecule has 3 aromatic rings. The van der Waals surface area contributed by atoms with E-state index in [-0.39, 0.29) is 22.7 Å². The van der Waals surface area contributed by atoms with Crippen LogP contribution in [0.2, 0.25) is 0 Å². The number of halogens is 6. The number of alkyl halides is 6. The molecule has 0 spiro atoms. The van der Waals surface area contributed by atoms with Crippen molar-refractivity contribution in [2.45, 2.75) is 37.7 Å². The van der Waals surface area contributed by atoms with Gasteiger partial charge in [0.05, 0.1) is 12.8 Å². The van der Waals surface area contributed by atoms with Gasteiger partial charge in [-0.1, -0.05) is 24.3 Å². The summed E-state index contributed by atoms with van der Waals surface area (Å²) in [7, 11) is 0. The highest BCUT2D eigenvalue weighted by atomic mass is 19.4. The topological polar surface area (TPSA) is 48.1 Å². The second-order valence-electron chi connectivity index (χ2n) is 8.54. The molecule has 4 nitrogen and oxygen atoms in total. The monoisotopic (exact) mass is 483 g/mol. The third-order valence-electron chi connectivity index (χ3n) is 5.85. The number of piperazine rings is 1. The van der Waals surface area contributed by atoms with Gasteiger partial charge in [-0.25, -0.2) is 0 Å². The molecule has 0 radical (unpaired) electrons. The number of para-hydroxylation sites is 1. The van der Waals surface area contributed by atoms with Crippen molar-refractivity contribution in [1.29, 1.82) is 0 Å². The summed E-state index contributed by atoms with van der Waals surface area (Å²) >= 11 is 0. The zero-order valence-electron chi connectivity index (χ0n) is 18.1. The second-order valence-corrected chi connectivity index (χ2v) is 8.54. The Balaban J connectivity index is 1.63. The molecule has 0 saturated carbocycles. The lowest BCUT2D eigenvalue weighted by molar-refractivity contribution is -0.127. The molecule has 182 valence electrons. The first-order chi connectivity index (χ1) is 16.0. The third-order valence-corrected chi connectivity index (χ3v) is 5.85. The predicted molar refractivity (Wildman–Crippen MR) is 116 cm³/mol. The Bertz CT molecular complexity index is 1130. The van der Waals surface area contributed by atoms with Crippen molar-refractivity contribution in [2.75, 3.05) is 19.6 Å². The van der Waals surface area contributed by atoms with Gasteiger partial charge in [-0.3, -0.25) is 4.79 Å². The number of amides is 1. The maximum Gasteiger partial charge on any atom is 0.393 e. The first-order valence-corrected chi connectivity index (χ1v) is 10.8. The van der Waals surface area contributed by atoms with E-state index in [1.807, 2.05) is 30.5 Å². The Labute approximate surface area is 191 Å². The van der Waals surface area contributed by atoms with Gasteiger partial charge in [-0.2, -0.15) is 26.3 Å². The maximum atomic E-state index is 13.4. The highest BCUT2D eigenvalue weighted by Gasteiger charge is 2.33. The molecule has 0 aliphatic carbocycles. The van der Waals surface area contributed by atoms with E-state index in [1.54, 1.807) is 4.90 Å². The largest absolute Gasteiger partial charge is 0.393 e. The van der Waals surface area contributed by atoms with Crippen LogP contribution in [-0.4, -0.2) is 53.8 Å². The molecule has 1 amide bonds. The molecule has 2 aromatic carbocycles. The fourth-order valence-corrected chi connectivity index (χ4v) is 4.48. The van der Waals surface area contributed by atoms with Crippen molar-refractivity contribution in [2.24, 2.45) is 0 Å². The minimum atomic E-state index is -4.61. The summed E-state index contributed by atoms with van der Waals surface area (Å²) in [6.45, 7) is 1.24. The minimum Gasteiger partial charge on any atom is -0.361 e. The van der Waals surface area contributed by atoms with Crippen LogP contribution in [0.4, 0.5) is 26.3 Å². The van der Waals surface area contributed by atoms with Crippen molar-refractivity contribution in [3.05, 3.63) is 70.9 Å². The average Bonchev–Trinajstić information content (AvgIpc) is 3.14. The Kier molecular flexibility index (Phi) is 6.62. The summed E-state index contributed by atoms with van der Waals surface area (Å²) in [6, 6.07) is 10.4. The quantitative estimate of drug-likeness (QED) is 0.500. The predicted octanol–water partition coefficient (Wildman–Crippen LogP) is 5.03. The molecule has 2 N–H and O–H groups in total. The van der Waals surface area contributed by atoms with Crippen LogP contribution in [0.1, 0.15) is 27.0 Å². The number of H-pyrrole nitrogens is 1. The van der Waals surface area contributed by atoms with E-state index in [0.717, 1.165) is 34.7 Å². The number of nitrogens with zero attached hydrogens (tertiary/aromatic N) is 1.